The van der Waals surface area contributed by atoms with E-state index in [2.05, 4.69) is 156 Å². The number of pyridine rings is 5. The van der Waals surface area contributed by atoms with Gasteiger partial charge in [0.1, 0.15) is 31.6 Å². The van der Waals surface area contributed by atoms with E-state index in [1.807, 2.05) is 348 Å². The average molecular weight is 1590 g/mol. The SMILES string of the molecule is C1=NCc2ccccc21.C1=Nc2ccccc2C1.C1=Nc2cccnc2C1.C1=Nc2cnccc2C1.C1=Nc2ncccc2C1.C1=c2ccccc2=NC1.CC.CC.CC.CC.CC.CC.CC.CC.CC.CC.CC.c1ccc2cnccc2c1.c1ccc2ncccc2c1.c1ccc2ncncc2c1.c1cnncn1.c1ncncn1. The molecule has 6 aliphatic heterocycles. The van der Waals surface area contributed by atoms with E-state index in [4.69, 9.17) is 0 Å². The number of aromatic nitrogens is 13. The Morgan fingerprint density at radius 3 is 1.34 bits per heavy atom. The summed E-state index contributed by atoms with van der Waals surface area (Å²) >= 11 is 0. The van der Waals surface area contributed by atoms with Crippen molar-refractivity contribution in [2.75, 3.05) is 6.54 Å². The topological polar surface area (TPSA) is 242 Å². The van der Waals surface area contributed by atoms with Gasteiger partial charge in [0.15, 0.2) is 5.82 Å². The van der Waals surface area contributed by atoms with Crippen LogP contribution in [0.1, 0.15) is 186 Å². The smallest absolute Gasteiger partial charge is 0.155 e. The Hall–Kier alpha value is -13.0. The van der Waals surface area contributed by atoms with Crippen molar-refractivity contribution >= 4 is 92.6 Å². The molecule has 6 aromatic carbocycles. The predicted molar refractivity (Wildman–Crippen MR) is 508 cm³/mol. The summed E-state index contributed by atoms with van der Waals surface area (Å²) in [6.45, 7) is 45.7. The van der Waals surface area contributed by atoms with Crippen molar-refractivity contribution in [3.8, 4) is 0 Å². The first kappa shape index (κ1) is 107. The predicted octanol–water partition coefficient (Wildman–Crippen LogP) is 24.8. The van der Waals surface area contributed by atoms with E-state index >= 15 is 0 Å². The zero-order chi connectivity index (χ0) is 87.5. The number of rotatable bonds is 0. The maximum Gasteiger partial charge on any atom is 0.155 e. The van der Waals surface area contributed by atoms with Crippen LogP contribution in [0.15, 0.2) is 318 Å². The van der Waals surface area contributed by atoms with Crippen LogP contribution in [-0.2, 0) is 32.2 Å². The Morgan fingerprint density at radius 2 is 0.754 bits per heavy atom. The second-order valence-corrected chi connectivity index (χ2v) is 20.5. The molecule has 0 unspecified atom stereocenters. The molecule has 0 aliphatic carbocycles. The monoisotopic (exact) mass is 1590 g/mol. The molecule has 14 aromatic rings. The lowest BCUT2D eigenvalue weighted by Crippen LogP contribution is -2.19. The average Bonchev–Trinajstić information content (AvgIpc) is 1.88. The van der Waals surface area contributed by atoms with Gasteiger partial charge in [-0.3, -0.25) is 44.9 Å². The third-order valence-corrected chi connectivity index (χ3v) is 14.1. The van der Waals surface area contributed by atoms with Crippen LogP contribution in [0.3, 0.4) is 0 Å². The van der Waals surface area contributed by atoms with Crippen LogP contribution in [-0.4, -0.2) is 103 Å². The number of benzene rings is 6. The highest BCUT2D eigenvalue weighted by molar-refractivity contribution is 5.84. The quantitative estimate of drug-likeness (QED) is 0.137. The largest absolute Gasteiger partial charge is 0.288 e. The molecule has 622 valence electrons. The molecule has 19 nitrogen and oxygen atoms in total. The van der Waals surface area contributed by atoms with Crippen LogP contribution in [0.2, 0.25) is 0 Å². The molecule has 0 saturated carbocycles. The van der Waals surface area contributed by atoms with Crippen LogP contribution < -0.4 is 10.6 Å². The van der Waals surface area contributed by atoms with Crippen molar-refractivity contribution in [3.63, 3.8) is 0 Å². The summed E-state index contributed by atoms with van der Waals surface area (Å²) in [5.41, 5.74) is 12.8. The molecular formula is C99H131N19. The lowest BCUT2D eigenvalue weighted by atomic mass is 10.1. The summed E-state index contributed by atoms with van der Waals surface area (Å²) in [5.74, 6) is 0.887. The number of hydrogen-bond donors (Lipinski definition) is 0. The molecule has 19 heteroatoms. The Morgan fingerprint density at radius 1 is 0.271 bits per heavy atom. The van der Waals surface area contributed by atoms with Crippen LogP contribution >= 0.6 is 0 Å². The van der Waals surface area contributed by atoms with Gasteiger partial charge in [-0.05, 0) is 98.9 Å². The van der Waals surface area contributed by atoms with Crippen LogP contribution in [0, 0.1) is 0 Å². The van der Waals surface area contributed by atoms with Crippen molar-refractivity contribution in [1.29, 1.82) is 0 Å². The molecular weight excluding hydrogens is 1460 g/mol. The zero-order valence-corrected chi connectivity index (χ0v) is 74.3. The van der Waals surface area contributed by atoms with Gasteiger partial charge in [0.25, 0.3) is 0 Å². The fourth-order valence-corrected chi connectivity index (χ4v) is 9.34. The van der Waals surface area contributed by atoms with Gasteiger partial charge in [0.2, 0.25) is 0 Å². The standard InChI is InChI=1S/2C9H7N.C8H6N2.3C8H7N.3C7H6N2.2C3H3N3.11C2H6/c1-2-6-9-8(4-1)5-3-7-10-9;1-2-4-9-7-10-6-5-8(9)3-1;1-2-4-8-7(3-1)5-9-6-10-8;1-2-4-8-6-9-5-7(8)3-1;2*1-2-4-8-7(3-1)5-6-9-8;1-3-8-5-7-6(1)2-4-9-7;1-2-6-7(8-4-1)3-5-9-6;1-2-6-3-5-9-7(6)8-4-1;1-4-2-6-3-5-1;1-2-5-6-3-4-1;11*1-2/h2*1-7H;1-6H;1-5H,6H2;1-4,6H,5H2;1-5H,6H2;1,3-5H,2H2;2*1-2,4-5H,3H2;2*1-3H;11*1-2H3. The molecule has 0 bridgehead atoms. The Balaban J connectivity index is 0. The first-order valence-electron chi connectivity index (χ1n) is 41.7. The first-order valence-corrected chi connectivity index (χ1v) is 41.7. The summed E-state index contributed by atoms with van der Waals surface area (Å²) in [6, 6.07) is 64.8. The van der Waals surface area contributed by atoms with E-state index in [0.717, 1.165) is 89.1 Å². The molecule has 20 rings (SSSR count). The van der Waals surface area contributed by atoms with Crippen molar-refractivity contribution in [2.45, 2.75) is 185 Å². The summed E-state index contributed by atoms with van der Waals surface area (Å²) in [5, 5.41) is 14.0. The highest BCUT2D eigenvalue weighted by Gasteiger charge is 2.07. The molecule has 0 N–H and O–H groups in total. The van der Waals surface area contributed by atoms with Gasteiger partial charge in [-0.25, -0.2) is 39.9 Å². The minimum Gasteiger partial charge on any atom is -0.288 e. The van der Waals surface area contributed by atoms with Crippen molar-refractivity contribution < 1.29 is 0 Å². The van der Waals surface area contributed by atoms with Gasteiger partial charge in [-0.15, -0.1) is 5.10 Å². The maximum atomic E-state index is 4.24. The number of nitrogens with zero attached hydrogens (tertiary/aromatic N) is 19. The van der Waals surface area contributed by atoms with Gasteiger partial charge in [-0.2, -0.15) is 5.10 Å². The second-order valence-electron chi connectivity index (χ2n) is 20.5. The number of para-hydroxylation sites is 4. The van der Waals surface area contributed by atoms with Gasteiger partial charge in [0.05, 0.1) is 64.6 Å². The Kier molecular flexibility index (Phi) is 70.6. The van der Waals surface area contributed by atoms with Crippen LogP contribution in [0.5, 0.6) is 0 Å². The van der Waals surface area contributed by atoms with E-state index < -0.39 is 0 Å². The summed E-state index contributed by atoms with van der Waals surface area (Å²) in [7, 11) is 0. The first-order chi connectivity index (χ1) is 58.7. The molecule has 6 aliphatic rings. The normalized spacial score (nSPS) is 10.2. The molecule has 0 amide bonds. The lowest BCUT2D eigenvalue weighted by molar-refractivity contribution is 0.969. The molecule has 0 radical (unpaired) electrons. The third-order valence-electron chi connectivity index (χ3n) is 14.1. The third kappa shape index (κ3) is 44.6. The highest BCUT2D eigenvalue weighted by atomic mass is 15.1. The molecule has 0 atom stereocenters. The molecule has 0 fully saturated rings. The van der Waals surface area contributed by atoms with E-state index in [-0.39, 0.29) is 0 Å². The van der Waals surface area contributed by atoms with Gasteiger partial charge < -0.3 is 0 Å². The van der Waals surface area contributed by atoms with E-state index in [1.165, 1.54) is 80.7 Å². The number of aliphatic imine (C=N–C) groups is 5. The van der Waals surface area contributed by atoms with Crippen molar-refractivity contribution in [2.24, 2.45) is 30.0 Å². The minimum absolute atomic E-state index is 0.860. The zero-order valence-electron chi connectivity index (χ0n) is 74.3. The fourth-order valence-electron chi connectivity index (χ4n) is 9.34. The van der Waals surface area contributed by atoms with E-state index in [1.54, 1.807) is 37.3 Å². The van der Waals surface area contributed by atoms with E-state index in [0.29, 0.717) is 0 Å². The van der Waals surface area contributed by atoms with E-state index in [9.17, 15) is 0 Å². The summed E-state index contributed by atoms with van der Waals surface area (Å²) < 4.78 is 0. The molecule has 8 aromatic heterocycles. The minimum atomic E-state index is 0.860. The summed E-state index contributed by atoms with van der Waals surface area (Å²) in [6.07, 6.45) is 40.3. The summed E-state index contributed by atoms with van der Waals surface area (Å²) in [4.78, 5) is 67.4. The molecule has 118 heavy (non-hydrogen) atoms. The van der Waals surface area contributed by atoms with Gasteiger partial charge >= 0.3 is 0 Å². The maximum absolute atomic E-state index is 4.24. The second kappa shape index (κ2) is 77.9. The molecule has 14 heterocycles. The van der Waals surface area contributed by atoms with Gasteiger partial charge in [-0.1, -0.05) is 292 Å². The van der Waals surface area contributed by atoms with Gasteiger partial charge in [0, 0.05) is 123 Å². The van der Waals surface area contributed by atoms with Crippen LogP contribution in [0.25, 0.3) is 38.7 Å². The van der Waals surface area contributed by atoms with Crippen LogP contribution in [0.4, 0.5) is 22.9 Å². The molecule has 0 spiro atoms. The number of fused-ring (bicyclic) bond motifs is 9. The lowest BCUT2D eigenvalue weighted by Gasteiger charge is -1.91. The molecule has 0 saturated heterocycles. The van der Waals surface area contributed by atoms with Crippen molar-refractivity contribution in [1.82, 2.24) is 65.0 Å². The number of hydrogen-bond acceptors (Lipinski definition) is 19. The van der Waals surface area contributed by atoms with Crippen molar-refractivity contribution in [3.05, 3.63) is 332 Å². The highest BCUT2D eigenvalue weighted by Crippen LogP contribution is 2.24. The fraction of sp³-hybridized carbons (Fsp3) is 0.283. The Bertz CT molecular complexity index is 4160. The Labute approximate surface area is 706 Å².